The summed E-state index contributed by atoms with van der Waals surface area (Å²) in [5.41, 5.74) is 2.94. The molecule has 1 aromatic rings. The van der Waals surface area contributed by atoms with Crippen LogP contribution in [0, 0.1) is 5.92 Å². The van der Waals surface area contributed by atoms with Gasteiger partial charge < -0.3 is 4.74 Å². The third-order valence-electron chi connectivity index (χ3n) is 3.02. The zero-order valence-corrected chi connectivity index (χ0v) is 11.5. The SMILES string of the molecule is NNC(Cc1cc(Br)cs1)C1CCCOC1. The molecule has 2 atom stereocenters. The molecule has 0 amide bonds. The van der Waals surface area contributed by atoms with Crippen molar-refractivity contribution in [2.75, 3.05) is 13.2 Å². The number of ether oxygens (including phenoxy) is 1. The van der Waals surface area contributed by atoms with Crippen molar-refractivity contribution in [3.8, 4) is 0 Å². The van der Waals surface area contributed by atoms with Crippen LogP contribution in [0.4, 0.5) is 0 Å². The van der Waals surface area contributed by atoms with Gasteiger partial charge in [-0.05, 0) is 47.2 Å². The van der Waals surface area contributed by atoms with Gasteiger partial charge in [0.15, 0.2) is 0 Å². The van der Waals surface area contributed by atoms with Crippen molar-refractivity contribution >= 4 is 27.3 Å². The number of halogens is 1. The average Bonchev–Trinajstić information content (AvgIpc) is 2.73. The smallest absolute Gasteiger partial charge is 0.0509 e. The van der Waals surface area contributed by atoms with Gasteiger partial charge in [-0.1, -0.05) is 0 Å². The highest BCUT2D eigenvalue weighted by Crippen LogP contribution is 2.25. The van der Waals surface area contributed by atoms with E-state index in [0.29, 0.717) is 12.0 Å². The van der Waals surface area contributed by atoms with Gasteiger partial charge in [0.1, 0.15) is 0 Å². The quantitative estimate of drug-likeness (QED) is 0.663. The normalized spacial score (nSPS) is 23.2. The zero-order chi connectivity index (χ0) is 11.4. The number of rotatable bonds is 4. The van der Waals surface area contributed by atoms with E-state index in [1.54, 1.807) is 11.3 Å². The Morgan fingerprint density at radius 2 is 2.56 bits per heavy atom. The highest BCUT2D eigenvalue weighted by atomic mass is 79.9. The fraction of sp³-hybridized carbons (Fsp3) is 0.636. The molecule has 1 fully saturated rings. The van der Waals surface area contributed by atoms with Gasteiger partial charge >= 0.3 is 0 Å². The summed E-state index contributed by atoms with van der Waals surface area (Å²) in [6.45, 7) is 1.74. The minimum Gasteiger partial charge on any atom is -0.381 e. The standard InChI is InChI=1S/C11H17BrN2OS/c12-9-4-10(16-7-9)5-11(14-13)8-2-1-3-15-6-8/h4,7-8,11,14H,1-3,5-6,13H2. The molecule has 1 aliphatic rings. The maximum absolute atomic E-state index is 5.65. The Morgan fingerprint density at radius 3 is 3.12 bits per heavy atom. The minimum atomic E-state index is 0.325. The van der Waals surface area contributed by atoms with Crippen LogP contribution in [-0.4, -0.2) is 19.3 Å². The van der Waals surface area contributed by atoms with E-state index in [4.69, 9.17) is 10.6 Å². The topological polar surface area (TPSA) is 47.3 Å². The second-order valence-corrected chi connectivity index (χ2v) is 6.10. The van der Waals surface area contributed by atoms with Crippen molar-refractivity contribution in [1.29, 1.82) is 0 Å². The van der Waals surface area contributed by atoms with Crippen LogP contribution in [0.1, 0.15) is 17.7 Å². The lowest BCUT2D eigenvalue weighted by Crippen LogP contribution is -2.45. The van der Waals surface area contributed by atoms with Crippen molar-refractivity contribution in [3.63, 3.8) is 0 Å². The first-order chi connectivity index (χ1) is 7.79. The van der Waals surface area contributed by atoms with Crippen LogP contribution in [0.25, 0.3) is 0 Å². The van der Waals surface area contributed by atoms with Crippen LogP contribution in [0.15, 0.2) is 15.9 Å². The predicted octanol–water partition coefficient (Wildman–Crippen LogP) is 2.31. The number of nitrogens with one attached hydrogen (secondary N) is 1. The molecule has 16 heavy (non-hydrogen) atoms. The van der Waals surface area contributed by atoms with E-state index in [1.807, 2.05) is 0 Å². The second kappa shape index (κ2) is 6.12. The fourth-order valence-corrected chi connectivity index (χ4v) is 3.63. The first kappa shape index (κ1) is 12.5. The number of hydrogen-bond acceptors (Lipinski definition) is 4. The highest BCUT2D eigenvalue weighted by Gasteiger charge is 2.23. The summed E-state index contributed by atoms with van der Waals surface area (Å²) in [6.07, 6.45) is 3.35. The lowest BCUT2D eigenvalue weighted by Gasteiger charge is -2.29. The lowest BCUT2D eigenvalue weighted by atomic mass is 9.91. The van der Waals surface area contributed by atoms with E-state index in [9.17, 15) is 0 Å². The molecule has 0 aliphatic carbocycles. The van der Waals surface area contributed by atoms with Gasteiger partial charge in [-0.2, -0.15) is 0 Å². The van der Waals surface area contributed by atoms with Gasteiger partial charge in [0.05, 0.1) is 6.61 Å². The summed E-state index contributed by atoms with van der Waals surface area (Å²) in [4.78, 5) is 1.36. The Morgan fingerprint density at radius 1 is 1.69 bits per heavy atom. The molecule has 2 rings (SSSR count). The van der Waals surface area contributed by atoms with Crippen LogP contribution in [-0.2, 0) is 11.2 Å². The van der Waals surface area contributed by atoms with E-state index in [-0.39, 0.29) is 0 Å². The second-order valence-electron chi connectivity index (χ2n) is 4.19. The Bertz CT molecular complexity index is 326. The van der Waals surface area contributed by atoms with Gasteiger partial charge in [0.25, 0.3) is 0 Å². The molecule has 0 radical (unpaired) electrons. The first-order valence-corrected chi connectivity index (χ1v) is 7.23. The molecular weight excluding hydrogens is 288 g/mol. The van der Waals surface area contributed by atoms with Gasteiger partial charge in [0.2, 0.25) is 0 Å². The van der Waals surface area contributed by atoms with Crippen molar-refractivity contribution in [1.82, 2.24) is 5.43 Å². The number of nitrogens with two attached hydrogens (primary N) is 1. The molecule has 5 heteroatoms. The van der Waals surface area contributed by atoms with Gasteiger partial charge in [-0.3, -0.25) is 11.3 Å². The molecule has 1 saturated heterocycles. The molecule has 0 aromatic carbocycles. The average molecular weight is 305 g/mol. The summed E-state index contributed by atoms with van der Waals surface area (Å²) >= 11 is 5.25. The maximum Gasteiger partial charge on any atom is 0.0509 e. The molecule has 0 saturated carbocycles. The predicted molar refractivity (Wildman–Crippen MR) is 70.4 cm³/mol. The summed E-state index contributed by atoms with van der Waals surface area (Å²) < 4.78 is 6.66. The van der Waals surface area contributed by atoms with Crippen LogP contribution >= 0.6 is 27.3 Å². The number of hydrogen-bond donors (Lipinski definition) is 2. The summed E-state index contributed by atoms with van der Waals surface area (Å²) in [6, 6.07) is 2.49. The Labute approximate surface area is 108 Å². The third-order valence-corrected chi connectivity index (χ3v) is 4.74. The Hall–Kier alpha value is 0.0600. The van der Waals surface area contributed by atoms with Crippen LogP contribution in [0.2, 0.25) is 0 Å². The van der Waals surface area contributed by atoms with Gasteiger partial charge in [-0.15, -0.1) is 11.3 Å². The molecule has 90 valence electrons. The number of thiophene rings is 1. The molecule has 0 spiro atoms. The Balaban J connectivity index is 1.94. The van der Waals surface area contributed by atoms with Gasteiger partial charge in [0, 0.05) is 27.4 Å². The van der Waals surface area contributed by atoms with E-state index in [1.165, 1.54) is 11.3 Å². The molecule has 2 heterocycles. The first-order valence-electron chi connectivity index (χ1n) is 5.56. The molecule has 3 N–H and O–H groups in total. The molecular formula is C11H17BrN2OS. The molecule has 1 aromatic heterocycles. The molecule has 2 unspecified atom stereocenters. The van der Waals surface area contributed by atoms with Crippen molar-refractivity contribution in [2.45, 2.75) is 25.3 Å². The Kier molecular flexibility index (Phi) is 4.79. The molecule has 0 bridgehead atoms. The molecule has 1 aliphatic heterocycles. The van der Waals surface area contributed by atoms with Crippen LogP contribution in [0.3, 0.4) is 0 Å². The third kappa shape index (κ3) is 3.28. The van der Waals surface area contributed by atoms with E-state index in [0.717, 1.165) is 30.5 Å². The van der Waals surface area contributed by atoms with Crippen molar-refractivity contribution < 1.29 is 4.74 Å². The van der Waals surface area contributed by atoms with Crippen LogP contribution in [0.5, 0.6) is 0 Å². The van der Waals surface area contributed by atoms with E-state index < -0.39 is 0 Å². The zero-order valence-electron chi connectivity index (χ0n) is 9.12. The van der Waals surface area contributed by atoms with Crippen molar-refractivity contribution in [2.24, 2.45) is 11.8 Å². The highest BCUT2D eigenvalue weighted by molar-refractivity contribution is 9.10. The fourth-order valence-electron chi connectivity index (χ4n) is 2.12. The summed E-state index contributed by atoms with van der Waals surface area (Å²) in [5.74, 6) is 6.19. The van der Waals surface area contributed by atoms with Crippen LogP contribution < -0.4 is 11.3 Å². The van der Waals surface area contributed by atoms with Gasteiger partial charge in [-0.25, -0.2) is 0 Å². The largest absolute Gasteiger partial charge is 0.381 e. The minimum absolute atomic E-state index is 0.325. The van der Waals surface area contributed by atoms with E-state index in [2.05, 4.69) is 32.8 Å². The summed E-state index contributed by atoms with van der Waals surface area (Å²) in [5, 5.41) is 2.11. The maximum atomic E-state index is 5.65. The lowest BCUT2D eigenvalue weighted by molar-refractivity contribution is 0.0394. The summed E-state index contributed by atoms with van der Waals surface area (Å²) in [7, 11) is 0. The monoisotopic (exact) mass is 304 g/mol. The van der Waals surface area contributed by atoms with E-state index >= 15 is 0 Å². The number of hydrazine groups is 1. The molecule has 3 nitrogen and oxygen atoms in total. The van der Waals surface area contributed by atoms with Crippen molar-refractivity contribution in [3.05, 3.63) is 20.8 Å².